The molecule has 2 atom stereocenters. The van der Waals surface area contributed by atoms with E-state index in [9.17, 15) is 19.4 Å². The molecule has 1 fully saturated rings. The van der Waals surface area contributed by atoms with Gasteiger partial charge in [0.2, 0.25) is 0 Å². The molecule has 1 saturated heterocycles. The number of carbonyl (C=O) groups is 2. The summed E-state index contributed by atoms with van der Waals surface area (Å²) in [4.78, 5) is 59.9. The summed E-state index contributed by atoms with van der Waals surface area (Å²) in [5.41, 5.74) is 5.45. The molecule has 3 N–H and O–H groups in total. The molecule has 15 nitrogen and oxygen atoms in total. The molecule has 0 bridgehead atoms. The number of fused-ring (bicyclic) bond motifs is 4. The minimum atomic E-state index is -4.35. The summed E-state index contributed by atoms with van der Waals surface area (Å²) in [6.07, 6.45) is 3.27. The van der Waals surface area contributed by atoms with Gasteiger partial charge in [-0.2, -0.15) is 0 Å². The quantitative estimate of drug-likeness (QED) is 0.124. The van der Waals surface area contributed by atoms with Gasteiger partial charge >= 0.3 is 166 Å². The topological polar surface area (TPSA) is 194 Å². The summed E-state index contributed by atoms with van der Waals surface area (Å²) in [7, 11) is -2.70. The molecule has 2 aromatic carbocycles. The summed E-state index contributed by atoms with van der Waals surface area (Å²) < 4.78 is 23.5. The predicted octanol–water partition coefficient (Wildman–Crippen LogP) is 4.44. The van der Waals surface area contributed by atoms with Crippen molar-refractivity contribution in [2.24, 2.45) is 0 Å². The molecule has 0 unspecified atom stereocenters. The van der Waals surface area contributed by atoms with Crippen molar-refractivity contribution in [1.29, 1.82) is 5.26 Å². The second-order valence-corrected chi connectivity index (χ2v) is 13.5. The molecule has 6 rings (SSSR count). The van der Waals surface area contributed by atoms with Crippen molar-refractivity contribution in [3.63, 3.8) is 0 Å². The monoisotopic (exact) mass is 691 g/mol. The number of nitrogens with one attached hydrogen (secondary N) is 1. The zero-order chi connectivity index (χ0) is 34.4. The van der Waals surface area contributed by atoms with Gasteiger partial charge in [-0.3, -0.25) is 0 Å². The van der Waals surface area contributed by atoms with Crippen molar-refractivity contribution < 1.29 is 37.9 Å². The van der Waals surface area contributed by atoms with Crippen LogP contribution in [-0.2, 0) is 23.3 Å². The van der Waals surface area contributed by atoms with Crippen molar-refractivity contribution in [2.45, 2.75) is 50.4 Å². The number of amides is 2. The molecule has 258 valence electrons. The summed E-state index contributed by atoms with van der Waals surface area (Å²) in [6, 6.07) is 18.2. The van der Waals surface area contributed by atoms with E-state index in [0.29, 0.717) is 37.0 Å². The third kappa shape index (κ3) is 8.02. The van der Waals surface area contributed by atoms with E-state index in [0.717, 1.165) is 22.3 Å². The number of carbonyl (C=O) groups excluding carboxylic acids is 2. The average Bonchev–Trinajstić information content (AvgIpc) is 3.83. The summed E-state index contributed by atoms with van der Waals surface area (Å²) in [6.45, 7) is 0.314. The van der Waals surface area contributed by atoms with Gasteiger partial charge in [0.25, 0.3) is 0 Å². The Morgan fingerprint density at radius 1 is 1.06 bits per heavy atom. The fraction of sp³-hybridized carbons (Fsp3) is 0.394. The molecule has 1 aliphatic carbocycles. The molecule has 3 heterocycles. The fourth-order valence-corrected chi connectivity index (χ4v) is 6.96. The minimum absolute atomic E-state index is 0.0141. The maximum Gasteiger partial charge on any atom is 0.409 e. The number of imidazole rings is 1. The Labute approximate surface area is 283 Å². The Kier molecular flexibility index (Phi) is 10.7. The molecule has 16 heteroatoms. The number of benzene rings is 2. The van der Waals surface area contributed by atoms with Crippen LogP contribution in [0.5, 0.6) is 0 Å². The van der Waals surface area contributed by atoms with Crippen LogP contribution in [0.3, 0.4) is 0 Å². The van der Waals surface area contributed by atoms with Crippen molar-refractivity contribution in [1.82, 2.24) is 24.4 Å². The number of nitriles is 1. The number of hydrogen-bond acceptors (Lipinski definition) is 12. The molecular weight excluding hydrogens is 653 g/mol. The van der Waals surface area contributed by atoms with Gasteiger partial charge in [0.1, 0.15) is 6.61 Å². The molecule has 4 aromatic rings. The van der Waals surface area contributed by atoms with E-state index >= 15 is 0 Å². The summed E-state index contributed by atoms with van der Waals surface area (Å²) in [5.74, 6) is -0.0695. The van der Waals surface area contributed by atoms with E-state index in [1.54, 1.807) is 17.9 Å². The van der Waals surface area contributed by atoms with Crippen LogP contribution in [0.2, 0.25) is 0 Å². The third-order valence-electron chi connectivity index (χ3n) is 8.52. The van der Waals surface area contributed by atoms with Crippen LogP contribution < -0.4 is 5.32 Å². The van der Waals surface area contributed by atoms with E-state index in [1.807, 2.05) is 30.3 Å². The first-order valence-electron chi connectivity index (χ1n) is 16.0. The van der Waals surface area contributed by atoms with Crippen LogP contribution >= 0.6 is 8.17 Å². The van der Waals surface area contributed by atoms with Crippen LogP contribution in [0.4, 0.5) is 10.6 Å². The van der Waals surface area contributed by atoms with E-state index in [4.69, 9.17) is 23.8 Å². The van der Waals surface area contributed by atoms with Gasteiger partial charge in [-0.25, -0.2) is 4.79 Å². The van der Waals surface area contributed by atoms with Crippen LogP contribution in [0.1, 0.15) is 55.4 Å². The summed E-state index contributed by atoms with van der Waals surface area (Å²) >= 11 is 0. The predicted molar refractivity (Wildman–Crippen MR) is 179 cm³/mol. The number of anilines is 1. The van der Waals surface area contributed by atoms with E-state index in [1.165, 1.54) is 11.2 Å². The van der Waals surface area contributed by atoms with Gasteiger partial charge in [0, 0.05) is 19.5 Å². The second kappa shape index (κ2) is 15.3. The maximum atomic E-state index is 12.8. The Bertz CT molecular complexity index is 1800. The minimum Gasteiger partial charge on any atom is -0.448 e. The van der Waals surface area contributed by atoms with Crippen molar-refractivity contribution >= 4 is 37.2 Å². The number of ether oxygens (including phenoxy) is 2. The SMILES string of the molecule is CN(CCCC(=O)Nc1ncnc2c1ncn2[C@H]1CC[C@@H](CO[PH](O)(O)OCCC#N)O1)C(=O)OCC1c2ccccc2-c2ccccc21. The Hall–Kier alpha value is -4.55. The standard InChI is InChI=1S/C33H38N7O8P/c1-39(33(42)45-19-27-25-10-4-2-8-23(25)24-9-3-5-11-26(24)27)16-6-12-28(41)38-31-30-32(36-20-35-31)40(21-37-30)29-14-13-22(48-29)18-47-49(43,44)46-17-7-15-34/h2-5,8-11,20-22,27,29,43-44,49H,6-7,12-14,16-19H2,1H3,(H,35,36,38,41)/t22-,29+/m0/s1. The Morgan fingerprint density at radius 3 is 2.53 bits per heavy atom. The molecule has 2 amide bonds. The molecule has 0 saturated carbocycles. The molecule has 49 heavy (non-hydrogen) atoms. The van der Waals surface area contributed by atoms with E-state index in [2.05, 4.69) is 44.5 Å². The van der Waals surface area contributed by atoms with Crippen LogP contribution in [0.15, 0.2) is 61.2 Å². The van der Waals surface area contributed by atoms with Gasteiger partial charge in [-0.05, 0) is 28.7 Å². The zero-order valence-corrected chi connectivity index (χ0v) is 27.9. The van der Waals surface area contributed by atoms with Crippen molar-refractivity contribution in [3.8, 4) is 17.2 Å². The van der Waals surface area contributed by atoms with Gasteiger partial charge in [0.15, 0.2) is 0 Å². The molecule has 1 aliphatic heterocycles. The molecular formula is C33H38N7O8P. The van der Waals surface area contributed by atoms with Crippen LogP contribution in [0.25, 0.3) is 22.3 Å². The van der Waals surface area contributed by atoms with Gasteiger partial charge < -0.3 is 9.64 Å². The number of rotatable bonds is 14. The number of hydrogen-bond donors (Lipinski definition) is 3. The fourth-order valence-electron chi connectivity index (χ4n) is 6.11. The van der Waals surface area contributed by atoms with Crippen LogP contribution in [0, 0.1) is 11.3 Å². The van der Waals surface area contributed by atoms with Gasteiger partial charge in [-0.15, -0.1) is 0 Å². The van der Waals surface area contributed by atoms with E-state index < -0.39 is 26.6 Å². The Balaban J connectivity index is 0.960. The van der Waals surface area contributed by atoms with Crippen LogP contribution in [-0.4, -0.2) is 85.7 Å². The van der Waals surface area contributed by atoms with Crippen molar-refractivity contribution in [3.05, 3.63) is 72.3 Å². The van der Waals surface area contributed by atoms with Crippen molar-refractivity contribution in [2.75, 3.05) is 38.7 Å². The second-order valence-electron chi connectivity index (χ2n) is 11.8. The Morgan fingerprint density at radius 2 is 1.80 bits per heavy atom. The first-order valence-corrected chi connectivity index (χ1v) is 17.7. The molecule has 2 aliphatic rings. The van der Waals surface area contributed by atoms with Gasteiger partial charge in [-0.1, -0.05) is 48.5 Å². The molecule has 0 radical (unpaired) electrons. The van der Waals surface area contributed by atoms with E-state index in [-0.39, 0.29) is 50.3 Å². The molecule has 0 spiro atoms. The largest absolute Gasteiger partial charge is 0.448 e. The normalized spacial score (nSPS) is 17.3. The number of nitrogens with zero attached hydrogens (tertiary/aromatic N) is 6. The number of aromatic nitrogens is 4. The zero-order valence-electron chi connectivity index (χ0n) is 26.9. The average molecular weight is 692 g/mol. The van der Waals surface area contributed by atoms with Gasteiger partial charge in [0.05, 0.1) is 0 Å². The maximum absolute atomic E-state index is 12.8. The molecule has 2 aromatic heterocycles. The first kappa shape index (κ1) is 34.3. The smallest absolute Gasteiger partial charge is 0.409 e. The first-order chi connectivity index (χ1) is 23.7. The summed E-state index contributed by atoms with van der Waals surface area (Å²) in [5, 5.41) is 11.4. The third-order valence-corrected chi connectivity index (χ3v) is 9.64.